The van der Waals surface area contributed by atoms with Gasteiger partial charge in [0, 0.05) is 0 Å². The minimum atomic E-state index is -4.76. The van der Waals surface area contributed by atoms with Crippen LogP contribution in [0.25, 0.3) is 0 Å². The number of aryl methyl sites for hydroxylation is 1. The molecule has 0 unspecified atom stereocenters. The molecule has 1 aliphatic carbocycles. The predicted octanol–water partition coefficient (Wildman–Crippen LogP) is 4.38. The van der Waals surface area contributed by atoms with E-state index in [2.05, 4.69) is 15.1 Å². The van der Waals surface area contributed by atoms with Crippen molar-refractivity contribution in [3.8, 4) is 0 Å². The van der Waals surface area contributed by atoms with E-state index >= 15 is 0 Å². The van der Waals surface area contributed by atoms with Crippen molar-refractivity contribution in [3.05, 3.63) is 58.9 Å². The van der Waals surface area contributed by atoms with E-state index in [1.165, 1.54) is 0 Å². The van der Waals surface area contributed by atoms with Crippen LogP contribution in [0.15, 0.2) is 45.6 Å². The molecule has 3 rings (SSSR count). The summed E-state index contributed by atoms with van der Waals surface area (Å²) in [5.74, 6) is -0.340. The lowest BCUT2D eigenvalue weighted by Gasteiger charge is -2.19. The average molecular weight is 464 g/mol. The van der Waals surface area contributed by atoms with Crippen LogP contribution in [0.4, 0.5) is 13.2 Å². The van der Waals surface area contributed by atoms with Gasteiger partial charge in [-0.05, 0) is 57.7 Å². The number of nitrogens with zero attached hydrogens (tertiary/aromatic N) is 3. The van der Waals surface area contributed by atoms with E-state index < -0.39 is 28.9 Å². The Labute approximate surface area is 189 Å². The van der Waals surface area contributed by atoms with E-state index in [9.17, 15) is 18.0 Å². The molecule has 7 nitrogen and oxygen atoms in total. The van der Waals surface area contributed by atoms with Gasteiger partial charge < -0.3 is 15.0 Å². The monoisotopic (exact) mass is 464 g/mol. The summed E-state index contributed by atoms with van der Waals surface area (Å²) in [6.45, 7) is 7.00. The van der Waals surface area contributed by atoms with Crippen LogP contribution in [0.1, 0.15) is 62.9 Å². The maximum atomic E-state index is 13.0. The number of aliphatic imine (C=N–C) groups is 1. The zero-order chi connectivity index (χ0) is 24.4. The first-order valence-electron chi connectivity index (χ1n) is 10.5. The summed E-state index contributed by atoms with van der Waals surface area (Å²) >= 11 is 0. The summed E-state index contributed by atoms with van der Waals surface area (Å²) < 4.78 is 49.6. The van der Waals surface area contributed by atoms with Crippen LogP contribution < -0.4 is 5.73 Å². The second kappa shape index (κ2) is 8.99. The number of allylic oxidation sites excluding steroid dienone is 2. The van der Waals surface area contributed by atoms with Crippen molar-refractivity contribution < 1.29 is 27.2 Å². The summed E-state index contributed by atoms with van der Waals surface area (Å²) in [6, 6.07) is 7.80. The van der Waals surface area contributed by atoms with E-state index in [0.29, 0.717) is 11.9 Å². The van der Waals surface area contributed by atoms with Crippen molar-refractivity contribution in [2.75, 3.05) is 6.54 Å². The third kappa shape index (κ3) is 6.00. The molecule has 1 fully saturated rings. The Bertz CT molecular complexity index is 1080. The molecule has 178 valence electrons. The first-order valence-corrected chi connectivity index (χ1v) is 10.5. The molecular weight excluding hydrogens is 437 g/mol. The minimum absolute atomic E-state index is 0.130. The molecule has 0 amide bonds. The second-order valence-electron chi connectivity index (χ2n) is 9.02. The third-order valence-corrected chi connectivity index (χ3v) is 5.12. The molecule has 1 aliphatic rings. The molecule has 0 aliphatic heterocycles. The number of benzene rings is 1. The standard InChI is InChI=1S/C23H27F3N4O3/c1-14-7-5-6-8-15(14)22(10-11-22)20-29-19(33-30-20)16(13-17(27)23(24,25)26)28-12-9-18(31)32-21(2,3)4/h5-8,13H,9-12,27H2,1-4H3/b17-13-,28-16?. The fraction of sp³-hybridized carbons (Fsp3) is 0.478. The van der Waals surface area contributed by atoms with Crippen molar-refractivity contribution in [2.24, 2.45) is 10.7 Å². The summed E-state index contributed by atoms with van der Waals surface area (Å²) in [6.07, 6.45) is -2.66. The molecule has 1 heterocycles. The number of carbonyl (C=O) groups excluding carboxylic acids is 1. The molecule has 0 saturated heterocycles. The van der Waals surface area contributed by atoms with Gasteiger partial charge in [0.15, 0.2) is 5.82 Å². The van der Waals surface area contributed by atoms with Gasteiger partial charge in [0.2, 0.25) is 0 Å². The van der Waals surface area contributed by atoms with Crippen LogP contribution in [-0.2, 0) is 14.9 Å². The minimum Gasteiger partial charge on any atom is -0.460 e. The molecule has 2 aromatic rings. The largest absolute Gasteiger partial charge is 0.460 e. The van der Waals surface area contributed by atoms with Gasteiger partial charge in [-0.15, -0.1) is 0 Å². The van der Waals surface area contributed by atoms with Crippen LogP contribution in [0.5, 0.6) is 0 Å². The zero-order valence-corrected chi connectivity index (χ0v) is 19.0. The number of nitrogens with two attached hydrogens (primary N) is 1. The number of halogens is 3. The van der Waals surface area contributed by atoms with E-state index in [0.717, 1.165) is 24.0 Å². The lowest BCUT2D eigenvalue weighted by molar-refractivity contribution is -0.154. The van der Waals surface area contributed by atoms with Gasteiger partial charge in [-0.1, -0.05) is 29.4 Å². The first kappa shape index (κ1) is 24.5. The molecule has 1 aromatic heterocycles. The molecule has 10 heteroatoms. The molecule has 0 atom stereocenters. The maximum Gasteiger partial charge on any atom is 0.430 e. The van der Waals surface area contributed by atoms with E-state index in [1.807, 2.05) is 31.2 Å². The van der Waals surface area contributed by atoms with Gasteiger partial charge in [0.1, 0.15) is 17.0 Å². The molecule has 33 heavy (non-hydrogen) atoms. The molecule has 1 saturated carbocycles. The van der Waals surface area contributed by atoms with Crippen molar-refractivity contribution in [2.45, 2.75) is 64.1 Å². The van der Waals surface area contributed by atoms with E-state index in [4.69, 9.17) is 15.0 Å². The second-order valence-corrected chi connectivity index (χ2v) is 9.02. The number of esters is 1. The van der Waals surface area contributed by atoms with Crippen LogP contribution in [0.2, 0.25) is 0 Å². The summed E-state index contributed by atoms with van der Waals surface area (Å²) in [5.41, 5.74) is 4.58. The molecular formula is C23H27F3N4O3. The normalized spacial score (nSPS) is 16.6. The predicted molar refractivity (Wildman–Crippen MR) is 116 cm³/mol. The van der Waals surface area contributed by atoms with Gasteiger partial charge in [-0.3, -0.25) is 9.79 Å². The topological polar surface area (TPSA) is 104 Å². The van der Waals surface area contributed by atoms with Gasteiger partial charge >= 0.3 is 12.1 Å². The van der Waals surface area contributed by atoms with E-state index in [1.54, 1.807) is 20.8 Å². The number of aromatic nitrogens is 2. The Balaban J connectivity index is 1.88. The Morgan fingerprint density at radius 3 is 2.52 bits per heavy atom. The van der Waals surface area contributed by atoms with Gasteiger partial charge in [0.25, 0.3) is 5.89 Å². The number of ether oxygens (including phenoxy) is 1. The number of hydrogen-bond acceptors (Lipinski definition) is 7. The highest BCUT2D eigenvalue weighted by Gasteiger charge is 2.50. The number of carbonyl (C=O) groups is 1. The molecule has 1 aromatic carbocycles. The third-order valence-electron chi connectivity index (χ3n) is 5.12. The van der Waals surface area contributed by atoms with Gasteiger partial charge in [-0.2, -0.15) is 18.2 Å². The summed E-state index contributed by atoms with van der Waals surface area (Å²) in [4.78, 5) is 20.4. The first-order chi connectivity index (χ1) is 15.3. The van der Waals surface area contributed by atoms with Gasteiger partial charge in [0.05, 0.1) is 18.4 Å². The molecule has 0 radical (unpaired) electrons. The summed E-state index contributed by atoms with van der Waals surface area (Å²) in [7, 11) is 0. The SMILES string of the molecule is Cc1ccccc1C1(c2noc(C(/C=C(\N)C(F)(F)F)=NCCC(=O)OC(C)(C)C)n2)CC1. The van der Waals surface area contributed by atoms with Gasteiger partial charge in [-0.25, -0.2) is 0 Å². The fourth-order valence-electron chi connectivity index (χ4n) is 3.43. The zero-order valence-electron chi connectivity index (χ0n) is 19.0. The highest BCUT2D eigenvalue weighted by Crippen LogP contribution is 2.53. The quantitative estimate of drug-likeness (QED) is 0.482. The van der Waals surface area contributed by atoms with Crippen LogP contribution in [0.3, 0.4) is 0 Å². The van der Waals surface area contributed by atoms with E-state index in [-0.39, 0.29) is 24.6 Å². The Kier molecular flexibility index (Phi) is 6.67. The Morgan fingerprint density at radius 2 is 1.94 bits per heavy atom. The molecule has 2 N–H and O–H groups in total. The average Bonchev–Trinajstić information content (AvgIpc) is 3.34. The number of hydrogen-bond donors (Lipinski definition) is 1. The van der Waals surface area contributed by atoms with Crippen molar-refractivity contribution in [3.63, 3.8) is 0 Å². The maximum absolute atomic E-state index is 13.0. The Hall–Kier alpha value is -3.17. The number of alkyl halides is 3. The molecule has 0 spiro atoms. The molecule has 0 bridgehead atoms. The number of rotatable bonds is 7. The lowest BCUT2D eigenvalue weighted by Crippen LogP contribution is -2.24. The lowest BCUT2D eigenvalue weighted by atomic mass is 9.91. The van der Waals surface area contributed by atoms with Crippen molar-refractivity contribution in [1.82, 2.24) is 10.1 Å². The van der Waals surface area contributed by atoms with Crippen LogP contribution in [-0.4, -0.2) is 40.1 Å². The van der Waals surface area contributed by atoms with Crippen molar-refractivity contribution >= 4 is 11.7 Å². The Morgan fingerprint density at radius 1 is 1.27 bits per heavy atom. The fourth-order valence-corrected chi connectivity index (χ4v) is 3.43. The highest BCUT2D eigenvalue weighted by molar-refractivity contribution is 6.06. The van der Waals surface area contributed by atoms with Crippen LogP contribution in [0, 0.1) is 6.92 Å². The van der Waals surface area contributed by atoms with Crippen molar-refractivity contribution in [1.29, 1.82) is 0 Å². The highest BCUT2D eigenvalue weighted by atomic mass is 19.4. The smallest absolute Gasteiger partial charge is 0.430 e. The van der Waals surface area contributed by atoms with Crippen LogP contribution >= 0.6 is 0 Å². The summed E-state index contributed by atoms with van der Waals surface area (Å²) in [5, 5.41) is 4.04.